The van der Waals surface area contributed by atoms with E-state index in [4.69, 9.17) is 4.74 Å². The average Bonchev–Trinajstić information content (AvgIpc) is 2.73. The first-order chi connectivity index (χ1) is 13.8. The van der Waals surface area contributed by atoms with Crippen LogP contribution in [0.25, 0.3) is 0 Å². The first-order valence-electron chi connectivity index (χ1n) is 9.21. The van der Waals surface area contributed by atoms with Crippen LogP contribution < -0.4 is 5.32 Å². The summed E-state index contributed by atoms with van der Waals surface area (Å²) in [5, 5.41) is 13.6. The van der Waals surface area contributed by atoms with Gasteiger partial charge in [-0.25, -0.2) is 4.79 Å². The zero-order chi connectivity index (χ0) is 21.4. The van der Waals surface area contributed by atoms with Crippen molar-refractivity contribution in [3.05, 3.63) is 33.9 Å². The van der Waals surface area contributed by atoms with Crippen molar-refractivity contribution in [3.63, 3.8) is 0 Å². The number of nitro benzene ring substituents is 1. The zero-order valence-electron chi connectivity index (χ0n) is 16.3. The molecule has 0 heterocycles. The summed E-state index contributed by atoms with van der Waals surface area (Å²) in [6.45, 7) is 0.308. The van der Waals surface area contributed by atoms with Crippen LogP contribution in [-0.2, 0) is 28.6 Å². The van der Waals surface area contributed by atoms with Crippen molar-refractivity contribution < 1.29 is 33.5 Å². The summed E-state index contributed by atoms with van der Waals surface area (Å²) in [6, 6.07) is 4.56. The number of ether oxygens (including phenoxy) is 3. The molecule has 1 aromatic carbocycles. The molecule has 0 aromatic heterocycles. The molecule has 1 fully saturated rings. The number of methoxy groups -OCH3 is 2. The molecule has 1 aliphatic carbocycles. The van der Waals surface area contributed by atoms with Gasteiger partial charge in [-0.15, -0.1) is 0 Å². The number of carbonyl (C=O) groups is 3. The maximum absolute atomic E-state index is 11.6. The van der Waals surface area contributed by atoms with Crippen molar-refractivity contribution in [2.24, 2.45) is 0 Å². The molecule has 0 radical (unpaired) electrons. The Hall–Kier alpha value is -3.01. The Labute approximate surface area is 167 Å². The Morgan fingerprint density at radius 2 is 1.83 bits per heavy atom. The number of nitrogens with one attached hydrogen (secondary N) is 1. The topological polar surface area (TPSA) is 134 Å². The van der Waals surface area contributed by atoms with Crippen LogP contribution in [0.15, 0.2) is 18.2 Å². The number of benzene rings is 1. The van der Waals surface area contributed by atoms with Gasteiger partial charge in [0.25, 0.3) is 5.69 Å². The molecule has 1 N–H and O–H groups in total. The van der Waals surface area contributed by atoms with E-state index in [0.29, 0.717) is 6.61 Å². The normalized spacial score (nSPS) is 18.6. The van der Waals surface area contributed by atoms with E-state index in [9.17, 15) is 24.5 Å². The van der Waals surface area contributed by atoms with Crippen molar-refractivity contribution in [1.82, 2.24) is 0 Å². The summed E-state index contributed by atoms with van der Waals surface area (Å²) >= 11 is 0. The first kappa shape index (κ1) is 22.3. The maximum atomic E-state index is 11.6. The predicted octanol–water partition coefficient (Wildman–Crippen LogP) is 2.31. The zero-order valence-corrected chi connectivity index (χ0v) is 16.3. The highest BCUT2D eigenvalue weighted by Gasteiger charge is 2.26. The van der Waals surface area contributed by atoms with Gasteiger partial charge in [0.1, 0.15) is 5.69 Å². The van der Waals surface area contributed by atoms with E-state index in [2.05, 4.69) is 14.8 Å². The SMILES string of the molecule is COC(=O)CCO[C@H]1CC[C@H](c2ccc(NC(=O)C(=O)OC)c([N+](=O)[O-])c2)CC1. The molecular weight excluding hydrogens is 384 g/mol. The van der Waals surface area contributed by atoms with Gasteiger partial charge < -0.3 is 19.5 Å². The van der Waals surface area contributed by atoms with E-state index < -0.39 is 16.8 Å². The maximum Gasteiger partial charge on any atom is 0.396 e. The second kappa shape index (κ2) is 10.5. The molecule has 0 atom stereocenters. The minimum Gasteiger partial charge on any atom is -0.469 e. The van der Waals surface area contributed by atoms with E-state index >= 15 is 0 Å². The number of anilines is 1. The molecule has 10 heteroatoms. The molecule has 0 spiro atoms. The second-order valence-electron chi connectivity index (χ2n) is 6.65. The van der Waals surface area contributed by atoms with Crippen LogP contribution in [0.3, 0.4) is 0 Å². The molecule has 0 aliphatic heterocycles. The van der Waals surface area contributed by atoms with Gasteiger partial charge in [-0.1, -0.05) is 6.07 Å². The van der Waals surface area contributed by atoms with Crippen LogP contribution in [0.4, 0.5) is 11.4 Å². The predicted molar refractivity (Wildman–Crippen MR) is 101 cm³/mol. The fourth-order valence-corrected chi connectivity index (χ4v) is 3.30. The van der Waals surface area contributed by atoms with Crippen molar-refractivity contribution in [2.45, 2.75) is 44.1 Å². The van der Waals surface area contributed by atoms with Gasteiger partial charge in [-0.3, -0.25) is 19.7 Å². The third kappa shape index (κ3) is 6.24. The third-order valence-electron chi connectivity index (χ3n) is 4.87. The van der Waals surface area contributed by atoms with Gasteiger partial charge in [0.15, 0.2) is 0 Å². The smallest absolute Gasteiger partial charge is 0.396 e. The minimum absolute atomic E-state index is 0.0458. The summed E-state index contributed by atoms with van der Waals surface area (Å²) in [5.74, 6) is -2.40. The number of rotatable bonds is 7. The molecule has 158 valence electrons. The van der Waals surface area contributed by atoms with Gasteiger partial charge in [-0.2, -0.15) is 0 Å². The summed E-state index contributed by atoms with van der Waals surface area (Å²) in [6.07, 6.45) is 3.38. The summed E-state index contributed by atoms with van der Waals surface area (Å²) < 4.78 is 14.6. The average molecular weight is 408 g/mol. The fourth-order valence-electron chi connectivity index (χ4n) is 3.30. The molecule has 0 unspecified atom stereocenters. The number of nitro groups is 1. The van der Waals surface area contributed by atoms with Crippen LogP contribution >= 0.6 is 0 Å². The first-order valence-corrected chi connectivity index (χ1v) is 9.21. The van der Waals surface area contributed by atoms with Crippen molar-refractivity contribution in [3.8, 4) is 0 Å². The molecule has 1 aromatic rings. The van der Waals surface area contributed by atoms with E-state index in [-0.39, 0.29) is 35.8 Å². The van der Waals surface area contributed by atoms with Crippen molar-refractivity contribution >= 4 is 29.2 Å². The van der Waals surface area contributed by atoms with Crippen LogP contribution in [0, 0.1) is 10.1 Å². The highest BCUT2D eigenvalue weighted by atomic mass is 16.6. The molecule has 1 amide bonds. The lowest BCUT2D eigenvalue weighted by Crippen LogP contribution is -2.24. The van der Waals surface area contributed by atoms with E-state index in [0.717, 1.165) is 38.4 Å². The second-order valence-corrected chi connectivity index (χ2v) is 6.65. The van der Waals surface area contributed by atoms with E-state index in [1.165, 1.54) is 19.2 Å². The Kier molecular flexibility index (Phi) is 8.08. The highest BCUT2D eigenvalue weighted by molar-refractivity contribution is 6.37. The van der Waals surface area contributed by atoms with E-state index in [1.54, 1.807) is 6.07 Å². The largest absolute Gasteiger partial charge is 0.469 e. The lowest BCUT2D eigenvalue weighted by molar-refractivity contribution is -0.384. The van der Waals surface area contributed by atoms with Crippen LogP contribution in [0.5, 0.6) is 0 Å². The van der Waals surface area contributed by atoms with E-state index in [1.807, 2.05) is 0 Å². The molecule has 29 heavy (non-hydrogen) atoms. The minimum atomic E-state index is -1.13. The lowest BCUT2D eigenvalue weighted by Gasteiger charge is -2.28. The van der Waals surface area contributed by atoms with Crippen LogP contribution in [0.1, 0.15) is 43.6 Å². The van der Waals surface area contributed by atoms with Crippen molar-refractivity contribution in [1.29, 1.82) is 0 Å². The van der Waals surface area contributed by atoms with Gasteiger partial charge in [0.2, 0.25) is 0 Å². The highest BCUT2D eigenvalue weighted by Crippen LogP contribution is 2.37. The number of esters is 2. The van der Waals surface area contributed by atoms with Gasteiger partial charge in [0, 0.05) is 6.07 Å². The van der Waals surface area contributed by atoms with Crippen LogP contribution in [-0.4, -0.2) is 49.7 Å². The van der Waals surface area contributed by atoms with Crippen molar-refractivity contribution in [2.75, 3.05) is 26.1 Å². The summed E-state index contributed by atoms with van der Waals surface area (Å²) in [7, 11) is 2.38. The standard InChI is InChI=1S/C19H24N2O8/c1-27-17(22)9-10-29-14-6-3-12(4-7-14)13-5-8-15(16(11-13)21(25)26)20-18(23)19(24)28-2/h5,8,11-12,14H,3-4,6-7,9-10H2,1-2H3,(H,20,23)/t12-,14-. The molecule has 0 saturated heterocycles. The number of carbonyl (C=O) groups excluding carboxylic acids is 3. The molecular formula is C19H24N2O8. The summed E-state index contributed by atoms with van der Waals surface area (Å²) in [4.78, 5) is 44.8. The monoisotopic (exact) mass is 408 g/mol. The molecule has 1 saturated carbocycles. The Bertz CT molecular complexity index is 771. The number of hydrogen-bond acceptors (Lipinski definition) is 8. The van der Waals surface area contributed by atoms with Gasteiger partial charge in [-0.05, 0) is 43.2 Å². The molecule has 2 rings (SSSR count). The van der Waals surface area contributed by atoms with Gasteiger partial charge in [0.05, 0.1) is 38.3 Å². The Balaban J connectivity index is 1.98. The quantitative estimate of drug-likeness (QED) is 0.314. The van der Waals surface area contributed by atoms with Gasteiger partial charge >= 0.3 is 17.8 Å². The number of nitrogens with zero attached hydrogens (tertiary/aromatic N) is 1. The summed E-state index contributed by atoms with van der Waals surface area (Å²) in [5.41, 5.74) is 0.450. The Morgan fingerprint density at radius 1 is 1.14 bits per heavy atom. The molecule has 10 nitrogen and oxygen atoms in total. The third-order valence-corrected chi connectivity index (χ3v) is 4.87. The fraction of sp³-hybridized carbons (Fsp3) is 0.526. The number of hydrogen-bond donors (Lipinski definition) is 1. The number of amides is 1. The molecule has 0 bridgehead atoms. The lowest BCUT2D eigenvalue weighted by atomic mass is 9.82. The molecule has 1 aliphatic rings. The van der Waals surface area contributed by atoms with Crippen LogP contribution in [0.2, 0.25) is 0 Å². The Morgan fingerprint density at radius 3 is 2.41 bits per heavy atom.